The van der Waals surface area contributed by atoms with E-state index in [9.17, 15) is 4.79 Å². The number of hydrogen-bond donors (Lipinski definition) is 1. The van der Waals surface area contributed by atoms with Crippen LogP contribution in [0.5, 0.6) is 0 Å². The van der Waals surface area contributed by atoms with Crippen LogP contribution in [0.4, 0.5) is 5.82 Å². The zero-order chi connectivity index (χ0) is 14.7. The van der Waals surface area contributed by atoms with Crippen LogP contribution in [0.15, 0.2) is 36.5 Å². The highest BCUT2D eigenvalue weighted by molar-refractivity contribution is 5.96. The number of rotatable bonds is 4. The molecular formula is C15H20N4O. The average molecular weight is 272 g/mol. The molecule has 106 valence electrons. The third-order valence-electron chi connectivity index (χ3n) is 3.15. The van der Waals surface area contributed by atoms with Gasteiger partial charge in [-0.05, 0) is 32.9 Å². The molecule has 0 spiro atoms. The Morgan fingerprint density at radius 1 is 1.40 bits per heavy atom. The van der Waals surface area contributed by atoms with Crippen LogP contribution in [0.3, 0.4) is 0 Å². The molecule has 2 N–H and O–H groups in total. The van der Waals surface area contributed by atoms with Gasteiger partial charge in [-0.15, -0.1) is 0 Å². The van der Waals surface area contributed by atoms with Gasteiger partial charge in [0.2, 0.25) is 5.91 Å². The van der Waals surface area contributed by atoms with Crippen molar-refractivity contribution in [1.82, 2.24) is 9.78 Å². The van der Waals surface area contributed by atoms with Crippen molar-refractivity contribution in [3.63, 3.8) is 0 Å². The van der Waals surface area contributed by atoms with Crippen LogP contribution in [0.2, 0.25) is 0 Å². The SMILES string of the molecule is CCN(C(=O)C(C)N)c1c(C)cnn1-c1ccccc1. The number of carbonyl (C=O) groups is 1. The second-order valence-corrected chi connectivity index (χ2v) is 4.77. The molecule has 2 aromatic rings. The highest BCUT2D eigenvalue weighted by Crippen LogP contribution is 2.24. The summed E-state index contributed by atoms with van der Waals surface area (Å²) in [5, 5.41) is 4.38. The molecule has 1 aromatic carbocycles. The highest BCUT2D eigenvalue weighted by atomic mass is 16.2. The van der Waals surface area contributed by atoms with E-state index in [0.717, 1.165) is 17.1 Å². The van der Waals surface area contributed by atoms with Gasteiger partial charge in [-0.2, -0.15) is 5.10 Å². The molecule has 20 heavy (non-hydrogen) atoms. The number of benzene rings is 1. The molecule has 1 amide bonds. The number of nitrogens with two attached hydrogens (primary N) is 1. The van der Waals surface area contributed by atoms with E-state index in [0.29, 0.717) is 6.54 Å². The number of nitrogens with zero attached hydrogens (tertiary/aromatic N) is 3. The molecule has 1 atom stereocenters. The Hall–Kier alpha value is -2.14. The molecule has 5 nitrogen and oxygen atoms in total. The first kappa shape index (κ1) is 14.3. The Labute approximate surface area is 119 Å². The van der Waals surface area contributed by atoms with Gasteiger partial charge >= 0.3 is 0 Å². The lowest BCUT2D eigenvalue weighted by Gasteiger charge is -2.24. The summed E-state index contributed by atoms with van der Waals surface area (Å²) in [5.74, 6) is 0.675. The molecule has 0 saturated carbocycles. The summed E-state index contributed by atoms with van der Waals surface area (Å²) < 4.78 is 1.78. The van der Waals surface area contributed by atoms with Gasteiger partial charge in [0.1, 0.15) is 5.82 Å². The summed E-state index contributed by atoms with van der Waals surface area (Å²) in [7, 11) is 0. The second kappa shape index (κ2) is 5.88. The average Bonchev–Trinajstić information content (AvgIpc) is 2.83. The predicted octanol–water partition coefficient (Wildman–Crippen LogP) is 1.88. The lowest BCUT2D eigenvalue weighted by Crippen LogP contribution is -2.43. The number of hydrogen-bond acceptors (Lipinski definition) is 3. The van der Waals surface area contributed by atoms with Crippen molar-refractivity contribution in [2.24, 2.45) is 5.73 Å². The van der Waals surface area contributed by atoms with Crippen molar-refractivity contribution in [2.75, 3.05) is 11.4 Å². The fraction of sp³-hybridized carbons (Fsp3) is 0.333. The Bertz CT molecular complexity index is 589. The molecular weight excluding hydrogens is 252 g/mol. The molecule has 1 aromatic heterocycles. The summed E-state index contributed by atoms with van der Waals surface area (Å²) in [6.45, 7) is 6.13. The number of aryl methyl sites for hydroxylation is 1. The monoisotopic (exact) mass is 272 g/mol. The minimum absolute atomic E-state index is 0.103. The minimum atomic E-state index is -0.534. The Morgan fingerprint density at radius 2 is 2.05 bits per heavy atom. The van der Waals surface area contributed by atoms with Crippen LogP contribution >= 0.6 is 0 Å². The third-order valence-corrected chi connectivity index (χ3v) is 3.15. The number of aromatic nitrogens is 2. The Morgan fingerprint density at radius 3 is 2.60 bits per heavy atom. The molecule has 1 unspecified atom stereocenters. The number of anilines is 1. The van der Waals surface area contributed by atoms with Crippen molar-refractivity contribution in [3.05, 3.63) is 42.1 Å². The fourth-order valence-electron chi connectivity index (χ4n) is 2.16. The fourth-order valence-corrected chi connectivity index (χ4v) is 2.16. The standard InChI is InChI=1S/C15H20N4O/c1-4-18(15(20)12(3)16)14-11(2)10-17-19(14)13-8-6-5-7-9-13/h5-10,12H,4,16H2,1-3H3. The quantitative estimate of drug-likeness (QED) is 0.924. The number of amides is 1. The molecule has 0 aliphatic heterocycles. The lowest BCUT2D eigenvalue weighted by molar-refractivity contribution is -0.119. The van der Waals surface area contributed by atoms with Crippen LogP contribution in [0.1, 0.15) is 19.4 Å². The molecule has 0 bridgehead atoms. The summed E-state index contributed by atoms with van der Waals surface area (Å²) in [6, 6.07) is 9.22. The van der Waals surface area contributed by atoms with E-state index < -0.39 is 6.04 Å². The van der Waals surface area contributed by atoms with E-state index in [1.807, 2.05) is 44.2 Å². The van der Waals surface area contributed by atoms with Gasteiger partial charge < -0.3 is 5.73 Å². The molecule has 0 saturated heterocycles. The second-order valence-electron chi connectivity index (χ2n) is 4.77. The number of para-hydroxylation sites is 1. The van der Waals surface area contributed by atoms with Crippen molar-refractivity contribution < 1.29 is 4.79 Å². The molecule has 0 fully saturated rings. The van der Waals surface area contributed by atoms with E-state index in [2.05, 4.69) is 5.10 Å². The molecule has 0 aliphatic carbocycles. The van der Waals surface area contributed by atoms with E-state index in [4.69, 9.17) is 5.73 Å². The summed E-state index contributed by atoms with van der Waals surface area (Å²) in [6.07, 6.45) is 1.76. The van der Waals surface area contributed by atoms with Crippen LogP contribution < -0.4 is 10.6 Å². The maximum Gasteiger partial charge on any atom is 0.244 e. The van der Waals surface area contributed by atoms with Gasteiger partial charge in [0.25, 0.3) is 0 Å². The summed E-state index contributed by atoms with van der Waals surface area (Å²) >= 11 is 0. The molecule has 1 heterocycles. The maximum atomic E-state index is 12.3. The van der Waals surface area contributed by atoms with Crippen molar-refractivity contribution in [2.45, 2.75) is 26.8 Å². The molecule has 0 radical (unpaired) electrons. The Balaban J connectivity index is 2.51. The highest BCUT2D eigenvalue weighted by Gasteiger charge is 2.23. The minimum Gasteiger partial charge on any atom is -0.320 e. The first-order valence-corrected chi connectivity index (χ1v) is 6.73. The van der Waals surface area contributed by atoms with Crippen molar-refractivity contribution in [3.8, 4) is 5.69 Å². The number of carbonyl (C=O) groups excluding carboxylic acids is 1. The smallest absolute Gasteiger partial charge is 0.244 e. The Kier molecular flexibility index (Phi) is 4.20. The van der Waals surface area contributed by atoms with Gasteiger partial charge in [-0.3, -0.25) is 9.69 Å². The topological polar surface area (TPSA) is 64.2 Å². The van der Waals surface area contributed by atoms with Gasteiger partial charge in [0, 0.05) is 12.1 Å². The first-order valence-electron chi connectivity index (χ1n) is 6.73. The third kappa shape index (κ3) is 2.58. The van der Waals surface area contributed by atoms with Gasteiger partial charge in [0.15, 0.2) is 0 Å². The van der Waals surface area contributed by atoms with E-state index in [-0.39, 0.29) is 5.91 Å². The van der Waals surface area contributed by atoms with Gasteiger partial charge in [0.05, 0.1) is 17.9 Å². The summed E-state index contributed by atoms with van der Waals surface area (Å²) in [5.41, 5.74) is 7.61. The first-order chi connectivity index (χ1) is 9.56. The maximum absolute atomic E-state index is 12.3. The largest absolute Gasteiger partial charge is 0.320 e. The summed E-state index contributed by atoms with van der Waals surface area (Å²) in [4.78, 5) is 13.9. The van der Waals surface area contributed by atoms with Crippen molar-refractivity contribution >= 4 is 11.7 Å². The van der Waals surface area contributed by atoms with Crippen LogP contribution in [-0.4, -0.2) is 28.3 Å². The normalized spacial score (nSPS) is 12.2. The lowest BCUT2D eigenvalue weighted by atomic mass is 10.2. The van der Waals surface area contributed by atoms with E-state index >= 15 is 0 Å². The van der Waals surface area contributed by atoms with Gasteiger partial charge in [-0.25, -0.2) is 4.68 Å². The van der Waals surface area contributed by atoms with E-state index in [1.165, 1.54) is 0 Å². The van der Waals surface area contributed by atoms with Crippen LogP contribution in [0.25, 0.3) is 5.69 Å². The number of likely N-dealkylation sites (N-methyl/N-ethyl adjacent to an activating group) is 1. The van der Waals surface area contributed by atoms with Crippen LogP contribution in [-0.2, 0) is 4.79 Å². The molecule has 0 aliphatic rings. The van der Waals surface area contributed by atoms with Crippen LogP contribution in [0, 0.1) is 6.92 Å². The zero-order valence-electron chi connectivity index (χ0n) is 12.1. The zero-order valence-corrected chi connectivity index (χ0v) is 12.1. The molecule has 2 rings (SSSR count). The molecule has 5 heteroatoms. The van der Waals surface area contributed by atoms with Gasteiger partial charge in [-0.1, -0.05) is 18.2 Å². The van der Waals surface area contributed by atoms with E-state index in [1.54, 1.807) is 22.7 Å². The predicted molar refractivity (Wildman–Crippen MR) is 80.0 cm³/mol. The van der Waals surface area contributed by atoms with Crippen molar-refractivity contribution in [1.29, 1.82) is 0 Å².